The highest BCUT2D eigenvalue weighted by Gasteiger charge is 2.19. The summed E-state index contributed by atoms with van der Waals surface area (Å²) in [5.41, 5.74) is 1.22. The van der Waals surface area contributed by atoms with Crippen molar-refractivity contribution in [3.63, 3.8) is 0 Å². The molecule has 0 fully saturated rings. The molecule has 29 heavy (non-hydrogen) atoms. The van der Waals surface area contributed by atoms with E-state index >= 15 is 0 Å². The predicted octanol–water partition coefficient (Wildman–Crippen LogP) is 5.02. The van der Waals surface area contributed by atoms with Crippen LogP contribution < -0.4 is 10.2 Å². The fourth-order valence-corrected chi connectivity index (χ4v) is 3.82. The molecule has 0 radical (unpaired) electrons. The van der Waals surface area contributed by atoms with Gasteiger partial charge < -0.3 is 14.4 Å². The quantitative estimate of drug-likeness (QED) is 0.394. The van der Waals surface area contributed by atoms with E-state index in [2.05, 4.69) is 41.7 Å². The Labute approximate surface area is 180 Å². The van der Waals surface area contributed by atoms with Gasteiger partial charge in [-0.2, -0.15) is 0 Å². The van der Waals surface area contributed by atoms with Gasteiger partial charge >= 0.3 is 5.97 Å². The minimum Gasteiger partial charge on any atom is -0.492 e. The van der Waals surface area contributed by atoms with Crippen molar-refractivity contribution in [3.05, 3.63) is 56.2 Å². The van der Waals surface area contributed by atoms with Gasteiger partial charge in [-0.1, -0.05) is 27.2 Å². The molecule has 2 aromatic heterocycles. The summed E-state index contributed by atoms with van der Waals surface area (Å²) < 4.78 is 8.51. The van der Waals surface area contributed by atoms with Crippen LogP contribution in [0.3, 0.4) is 0 Å². The van der Waals surface area contributed by atoms with Gasteiger partial charge in [-0.3, -0.25) is 4.79 Å². The number of halogens is 1. The number of aryl methyl sites for hydroxylation is 2. The van der Waals surface area contributed by atoms with Gasteiger partial charge in [0.15, 0.2) is 5.43 Å². The lowest BCUT2D eigenvalue weighted by Crippen LogP contribution is -2.22. The van der Waals surface area contributed by atoms with E-state index in [-0.39, 0.29) is 17.5 Å². The molecule has 0 bridgehead atoms. The highest BCUT2D eigenvalue weighted by atomic mass is 79.9. The molecule has 2 heterocycles. The van der Waals surface area contributed by atoms with Crippen molar-refractivity contribution in [2.45, 2.75) is 59.4 Å². The van der Waals surface area contributed by atoms with Gasteiger partial charge in [-0.25, -0.2) is 9.78 Å². The van der Waals surface area contributed by atoms with E-state index in [0.717, 1.165) is 47.3 Å². The SMILES string of the molecule is CCCCOc1cc(CC[C@@H](C(C)C)n2ccc(=O)c(C(=O)O)c2)c(Br)nc1C. The fraction of sp³-hybridized carbons (Fsp3) is 0.500. The second kappa shape index (κ2) is 10.6. The standard InChI is InChI=1S/C22H29BrN2O4/c1-5-6-11-29-20-12-16(21(23)24-15(20)4)7-8-18(14(2)3)25-10-9-19(26)17(13-25)22(27)28/h9-10,12-14,18H,5-8,11H2,1-4H3,(H,27,28)/t18-/m0/s1. The van der Waals surface area contributed by atoms with Gasteiger partial charge in [0.1, 0.15) is 15.9 Å². The van der Waals surface area contributed by atoms with E-state index in [1.165, 1.54) is 12.3 Å². The van der Waals surface area contributed by atoms with E-state index in [0.29, 0.717) is 6.61 Å². The van der Waals surface area contributed by atoms with Crippen molar-refractivity contribution in [2.24, 2.45) is 5.92 Å². The molecule has 2 aromatic rings. The Hall–Kier alpha value is -2.15. The topological polar surface area (TPSA) is 81.4 Å². The number of unbranched alkanes of at least 4 members (excludes halogenated alkanes) is 1. The van der Waals surface area contributed by atoms with E-state index < -0.39 is 11.4 Å². The van der Waals surface area contributed by atoms with Crippen LogP contribution >= 0.6 is 15.9 Å². The number of nitrogens with zero attached hydrogens (tertiary/aromatic N) is 2. The lowest BCUT2D eigenvalue weighted by Gasteiger charge is -2.25. The van der Waals surface area contributed by atoms with E-state index in [9.17, 15) is 14.7 Å². The maximum absolute atomic E-state index is 11.8. The molecule has 0 amide bonds. The molecule has 2 rings (SSSR count). The van der Waals surface area contributed by atoms with Crippen molar-refractivity contribution in [2.75, 3.05) is 6.61 Å². The summed E-state index contributed by atoms with van der Waals surface area (Å²) in [6.07, 6.45) is 6.70. The number of carbonyl (C=O) groups is 1. The molecule has 0 unspecified atom stereocenters. The Morgan fingerprint density at radius 3 is 2.72 bits per heavy atom. The van der Waals surface area contributed by atoms with E-state index in [1.807, 2.05) is 17.6 Å². The lowest BCUT2D eigenvalue weighted by molar-refractivity contribution is 0.0694. The normalized spacial score (nSPS) is 12.2. The van der Waals surface area contributed by atoms with Gasteiger partial charge in [0.05, 0.1) is 12.3 Å². The molecular weight excluding hydrogens is 436 g/mol. The van der Waals surface area contributed by atoms with Crippen molar-refractivity contribution >= 4 is 21.9 Å². The molecule has 1 N–H and O–H groups in total. The smallest absolute Gasteiger partial charge is 0.341 e. The third-order valence-electron chi connectivity index (χ3n) is 4.98. The maximum atomic E-state index is 11.8. The Morgan fingerprint density at radius 1 is 1.38 bits per heavy atom. The van der Waals surface area contributed by atoms with Crippen LogP contribution in [0.5, 0.6) is 5.75 Å². The van der Waals surface area contributed by atoms with Crippen molar-refractivity contribution < 1.29 is 14.6 Å². The van der Waals surface area contributed by atoms with E-state index in [4.69, 9.17) is 4.74 Å². The molecule has 0 aliphatic carbocycles. The van der Waals surface area contributed by atoms with Crippen LogP contribution in [0.1, 0.15) is 67.7 Å². The number of rotatable bonds is 10. The first-order valence-electron chi connectivity index (χ1n) is 9.98. The van der Waals surface area contributed by atoms with Gasteiger partial charge in [0.2, 0.25) is 0 Å². The summed E-state index contributed by atoms with van der Waals surface area (Å²) in [4.78, 5) is 27.7. The van der Waals surface area contributed by atoms with E-state index in [1.54, 1.807) is 6.20 Å². The zero-order valence-electron chi connectivity index (χ0n) is 17.4. The second-order valence-electron chi connectivity index (χ2n) is 7.55. The van der Waals surface area contributed by atoms with Crippen molar-refractivity contribution in [3.8, 4) is 5.75 Å². The minimum absolute atomic E-state index is 0.0476. The van der Waals surface area contributed by atoms with Crippen LogP contribution in [-0.2, 0) is 6.42 Å². The van der Waals surface area contributed by atoms with Gasteiger partial charge in [0, 0.05) is 24.5 Å². The predicted molar refractivity (Wildman–Crippen MR) is 117 cm³/mol. The highest BCUT2D eigenvalue weighted by molar-refractivity contribution is 9.10. The van der Waals surface area contributed by atoms with Crippen LogP contribution in [0.15, 0.2) is 33.9 Å². The minimum atomic E-state index is -1.20. The molecule has 158 valence electrons. The molecule has 0 saturated heterocycles. The number of aromatic carboxylic acids is 1. The fourth-order valence-electron chi connectivity index (χ4n) is 3.24. The van der Waals surface area contributed by atoms with Crippen molar-refractivity contribution in [1.82, 2.24) is 9.55 Å². The molecule has 0 spiro atoms. The molecular formula is C22H29BrN2O4. The third kappa shape index (κ3) is 6.16. The zero-order chi connectivity index (χ0) is 21.6. The van der Waals surface area contributed by atoms with Gasteiger partial charge in [-0.05, 0) is 59.7 Å². The molecule has 0 aliphatic rings. The first kappa shape index (κ1) is 23.1. The Morgan fingerprint density at radius 2 is 2.10 bits per heavy atom. The monoisotopic (exact) mass is 464 g/mol. The second-order valence-corrected chi connectivity index (χ2v) is 8.30. The Kier molecular flexibility index (Phi) is 8.44. The summed E-state index contributed by atoms with van der Waals surface area (Å²) in [7, 11) is 0. The molecule has 0 aliphatic heterocycles. The third-order valence-corrected chi connectivity index (χ3v) is 5.67. The summed E-state index contributed by atoms with van der Waals surface area (Å²) in [6.45, 7) is 8.90. The summed E-state index contributed by atoms with van der Waals surface area (Å²) in [5.74, 6) is -0.142. The first-order chi connectivity index (χ1) is 13.7. The largest absolute Gasteiger partial charge is 0.492 e. The number of ether oxygens (including phenoxy) is 1. The van der Waals surface area contributed by atoms with Gasteiger partial charge in [-0.15, -0.1) is 0 Å². The number of hydrogen-bond acceptors (Lipinski definition) is 4. The summed E-state index contributed by atoms with van der Waals surface area (Å²) >= 11 is 3.55. The molecule has 6 nitrogen and oxygen atoms in total. The average molecular weight is 465 g/mol. The Bertz CT molecular complexity index is 908. The van der Waals surface area contributed by atoms with Crippen LogP contribution in [0.25, 0.3) is 0 Å². The molecule has 1 atom stereocenters. The molecule has 0 aromatic carbocycles. The molecule has 7 heteroatoms. The average Bonchev–Trinajstić information content (AvgIpc) is 2.65. The number of aromatic nitrogens is 2. The summed E-state index contributed by atoms with van der Waals surface area (Å²) in [5, 5.41) is 9.26. The number of carboxylic acids is 1. The van der Waals surface area contributed by atoms with Crippen molar-refractivity contribution in [1.29, 1.82) is 0 Å². The number of pyridine rings is 2. The summed E-state index contributed by atoms with van der Waals surface area (Å²) in [6, 6.07) is 3.40. The van der Waals surface area contributed by atoms with Gasteiger partial charge in [0.25, 0.3) is 0 Å². The van der Waals surface area contributed by atoms with Crippen LogP contribution in [0, 0.1) is 12.8 Å². The lowest BCUT2D eigenvalue weighted by atomic mass is 9.96. The first-order valence-corrected chi connectivity index (χ1v) is 10.8. The van der Waals surface area contributed by atoms with Crippen LogP contribution in [0.2, 0.25) is 0 Å². The molecule has 0 saturated carbocycles. The highest BCUT2D eigenvalue weighted by Crippen LogP contribution is 2.29. The zero-order valence-corrected chi connectivity index (χ0v) is 19.0. The number of carboxylic acid groups (broad SMARTS) is 1. The Balaban J connectivity index is 2.23. The van der Waals surface area contributed by atoms with Crippen LogP contribution in [0.4, 0.5) is 0 Å². The van der Waals surface area contributed by atoms with Crippen LogP contribution in [-0.4, -0.2) is 27.2 Å². The number of hydrogen-bond donors (Lipinski definition) is 1. The maximum Gasteiger partial charge on any atom is 0.341 e.